The Morgan fingerprint density at radius 2 is 2.08 bits per heavy atom. The standard InChI is InChI=1S/C9H10F2OS/c1-12-9-6(4-5-13)2-3-7(10)8(9)11/h2-3,13H,4-5H2,1H3. The van der Waals surface area contributed by atoms with Gasteiger partial charge in [0.05, 0.1) is 7.11 Å². The molecule has 4 heteroatoms. The highest BCUT2D eigenvalue weighted by molar-refractivity contribution is 7.80. The van der Waals surface area contributed by atoms with Gasteiger partial charge in [0.1, 0.15) is 0 Å². The van der Waals surface area contributed by atoms with Crippen LogP contribution in [-0.4, -0.2) is 12.9 Å². The summed E-state index contributed by atoms with van der Waals surface area (Å²) in [6, 6.07) is 2.60. The van der Waals surface area contributed by atoms with Crippen molar-refractivity contribution in [3.63, 3.8) is 0 Å². The fourth-order valence-electron chi connectivity index (χ4n) is 1.11. The van der Waals surface area contributed by atoms with Crippen molar-refractivity contribution in [2.24, 2.45) is 0 Å². The van der Waals surface area contributed by atoms with E-state index in [9.17, 15) is 8.78 Å². The van der Waals surface area contributed by atoms with Gasteiger partial charge in [0.25, 0.3) is 0 Å². The van der Waals surface area contributed by atoms with Crippen LogP contribution in [0.15, 0.2) is 12.1 Å². The molecule has 0 bridgehead atoms. The van der Waals surface area contributed by atoms with Crippen molar-refractivity contribution in [3.05, 3.63) is 29.3 Å². The lowest BCUT2D eigenvalue weighted by Gasteiger charge is -2.08. The van der Waals surface area contributed by atoms with E-state index in [2.05, 4.69) is 12.6 Å². The Morgan fingerprint density at radius 3 is 2.62 bits per heavy atom. The number of aryl methyl sites for hydroxylation is 1. The Balaban J connectivity index is 3.13. The van der Waals surface area contributed by atoms with E-state index in [1.165, 1.54) is 13.2 Å². The van der Waals surface area contributed by atoms with Crippen LogP contribution in [0.25, 0.3) is 0 Å². The van der Waals surface area contributed by atoms with E-state index in [-0.39, 0.29) is 5.75 Å². The van der Waals surface area contributed by atoms with Crippen LogP contribution < -0.4 is 4.74 Å². The number of benzene rings is 1. The first-order valence-corrected chi connectivity index (χ1v) is 4.45. The fourth-order valence-corrected chi connectivity index (χ4v) is 1.35. The maximum Gasteiger partial charge on any atom is 0.200 e. The van der Waals surface area contributed by atoms with Crippen LogP contribution in [0.2, 0.25) is 0 Å². The van der Waals surface area contributed by atoms with Gasteiger partial charge in [-0.2, -0.15) is 17.0 Å². The van der Waals surface area contributed by atoms with E-state index in [1.807, 2.05) is 0 Å². The van der Waals surface area contributed by atoms with Crippen LogP contribution in [0, 0.1) is 11.6 Å². The summed E-state index contributed by atoms with van der Waals surface area (Å²) in [6.45, 7) is 0. The summed E-state index contributed by atoms with van der Waals surface area (Å²) in [5.41, 5.74) is 0.636. The average Bonchev–Trinajstić information content (AvgIpc) is 2.12. The number of methoxy groups -OCH3 is 1. The van der Waals surface area contributed by atoms with Crippen molar-refractivity contribution in [1.82, 2.24) is 0 Å². The largest absolute Gasteiger partial charge is 0.493 e. The summed E-state index contributed by atoms with van der Waals surface area (Å²) in [7, 11) is 1.32. The van der Waals surface area contributed by atoms with Crippen LogP contribution in [0.4, 0.5) is 8.78 Å². The van der Waals surface area contributed by atoms with Crippen LogP contribution >= 0.6 is 12.6 Å². The number of thiol groups is 1. The minimum absolute atomic E-state index is 0.0194. The number of hydrogen-bond acceptors (Lipinski definition) is 2. The predicted octanol–water partition coefficient (Wildman–Crippen LogP) is 2.45. The number of halogens is 2. The van der Waals surface area contributed by atoms with E-state index >= 15 is 0 Å². The Kier molecular flexibility index (Phi) is 3.54. The molecule has 0 radical (unpaired) electrons. The van der Waals surface area contributed by atoms with Gasteiger partial charge < -0.3 is 4.74 Å². The lowest BCUT2D eigenvalue weighted by atomic mass is 10.1. The molecule has 0 unspecified atom stereocenters. The summed E-state index contributed by atoms with van der Waals surface area (Å²) in [5, 5.41) is 0. The van der Waals surface area contributed by atoms with Gasteiger partial charge in [0, 0.05) is 0 Å². The zero-order valence-corrected chi connectivity index (χ0v) is 8.07. The van der Waals surface area contributed by atoms with Gasteiger partial charge in [-0.1, -0.05) is 6.07 Å². The van der Waals surface area contributed by atoms with Crippen LogP contribution in [0.1, 0.15) is 5.56 Å². The molecule has 0 spiro atoms. The third-order valence-corrected chi connectivity index (χ3v) is 1.94. The molecular formula is C9H10F2OS. The van der Waals surface area contributed by atoms with Gasteiger partial charge in [-0.05, 0) is 23.8 Å². The molecule has 1 nitrogen and oxygen atoms in total. The van der Waals surface area contributed by atoms with Gasteiger partial charge in [-0.3, -0.25) is 0 Å². The topological polar surface area (TPSA) is 9.23 Å². The highest BCUT2D eigenvalue weighted by Gasteiger charge is 2.12. The van der Waals surface area contributed by atoms with E-state index < -0.39 is 11.6 Å². The third-order valence-electron chi connectivity index (χ3n) is 1.72. The third kappa shape index (κ3) is 2.12. The van der Waals surface area contributed by atoms with Crippen molar-refractivity contribution in [3.8, 4) is 5.75 Å². The van der Waals surface area contributed by atoms with Crippen LogP contribution in [0.3, 0.4) is 0 Å². The molecule has 0 saturated carbocycles. The maximum atomic E-state index is 13.1. The number of ether oxygens (including phenoxy) is 1. The van der Waals surface area contributed by atoms with Crippen molar-refractivity contribution >= 4 is 12.6 Å². The Bertz CT molecular complexity index is 302. The molecule has 0 aromatic heterocycles. The first-order chi connectivity index (χ1) is 6.20. The van der Waals surface area contributed by atoms with Gasteiger partial charge >= 0.3 is 0 Å². The smallest absolute Gasteiger partial charge is 0.200 e. The maximum absolute atomic E-state index is 13.1. The fraction of sp³-hybridized carbons (Fsp3) is 0.333. The molecule has 0 aliphatic rings. The zero-order chi connectivity index (χ0) is 9.84. The van der Waals surface area contributed by atoms with E-state index in [1.54, 1.807) is 0 Å². The summed E-state index contributed by atoms with van der Waals surface area (Å²) in [4.78, 5) is 0. The Hall–Kier alpha value is -0.770. The van der Waals surface area contributed by atoms with Crippen LogP contribution in [-0.2, 0) is 6.42 Å². The summed E-state index contributed by atoms with van der Waals surface area (Å²) in [6.07, 6.45) is 0.559. The molecule has 0 atom stereocenters. The summed E-state index contributed by atoms with van der Waals surface area (Å²) >= 11 is 4.01. The van der Waals surface area contributed by atoms with Crippen molar-refractivity contribution in [2.45, 2.75) is 6.42 Å². The first-order valence-electron chi connectivity index (χ1n) is 3.82. The minimum Gasteiger partial charge on any atom is -0.493 e. The van der Waals surface area contributed by atoms with Crippen molar-refractivity contribution < 1.29 is 13.5 Å². The number of hydrogen-bond donors (Lipinski definition) is 1. The molecule has 0 aliphatic carbocycles. The molecule has 0 fully saturated rings. The van der Waals surface area contributed by atoms with Gasteiger partial charge in [0.2, 0.25) is 5.82 Å². The minimum atomic E-state index is -0.929. The second kappa shape index (κ2) is 4.46. The zero-order valence-electron chi connectivity index (χ0n) is 7.18. The van der Waals surface area contributed by atoms with Gasteiger partial charge in [0.15, 0.2) is 11.6 Å². The molecule has 1 aromatic carbocycles. The molecule has 0 heterocycles. The number of rotatable bonds is 3. The molecular weight excluding hydrogens is 194 g/mol. The predicted molar refractivity (Wildman–Crippen MR) is 50.5 cm³/mol. The SMILES string of the molecule is COc1c(CCS)ccc(F)c1F. The monoisotopic (exact) mass is 204 g/mol. The van der Waals surface area contributed by atoms with Gasteiger partial charge in [-0.25, -0.2) is 4.39 Å². The lowest BCUT2D eigenvalue weighted by Crippen LogP contribution is -1.98. The summed E-state index contributed by atoms with van der Waals surface area (Å²) in [5.74, 6) is -1.27. The quantitative estimate of drug-likeness (QED) is 0.744. The molecule has 13 heavy (non-hydrogen) atoms. The van der Waals surface area contributed by atoms with Crippen LogP contribution in [0.5, 0.6) is 5.75 Å². The van der Waals surface area contributed by atoms with E-state index in [4.69, 9.17) is 4.74 Å². The average molecular weight is 204 g/mol. The highest BCUT2D eigenvalue weighted by atomic mass is 32.1. The normalized spacial score (nSPS) is 10.2. The highest BCUT2D eigenvalue weighted by Crippen LogP contribution is 2.25. The molecule has 0 N–H and O–H groups in total. The Morgan fingerprint density at radius 1 is 1.38 bits per heavy atom. The molecule has 72 valence electrons. The summed E-state index contributed by atoms with van der Waals surface area (Å²) < 4.78 is 30.5. The second-order valence-corrected chi connectivity index (χ2v) is 2.97. The van der Waals surface area contributed by atoms with Gasteiger partial charge in [-0.15, -0.1) is 0 Å². The molecule has 0 aliphatic heterocycles. The van der Waals surface area contributed by atoms with Crippen molar-refractivity contribution in [2.75, 3.05) is 12.9 Å². The molecule has 0 amide bonds. The van der Waals surface area contributed by atoms with E-state index in [0.29, 0.717) is 17.7 Å². The molecule has 0 saturated heterocycles. The van der Waals surface area contributed by atoms with E-state index in [0.717, 1.165) is 6.07 Å². The second-order valence-electron chi connectivity index (χ2n) is 2.53. The first kappa shape index (κ1) is 10.3. The molecule has 1 aromatic rings. The lowest BCUT2D eigenvalue weighted by molar-refractivity contribution is 0.367. The molecule has 1 rings (SSSR count). The Labute approximate surface area is 81.1 Å². The van der Waals surface area contributed by atoms with Crippen molar-refractivity contribution in [1.29, 1.82) is 0 Å².